The first-order valence-electron chi connectivity index (χ1n) is 8.55. The fraction of sp³-hybridized carbons (Fsp3) is 0. The zero-order valence-electron chi connectivity index (χ0n) is 14.5. The minimum atomic E-state index is -0.365. The Labute approximate surface area is 158 Å². The Kier molecular flexibility index (Phi) is 3.65. The number of fused-ring (bicyclic) bond motifs is 2. The zero-order valence-corrected chi connectivity index (χ0v) is 14.5. The Morgan fingerprint density at radius 3 is 2.68 bits per heavy atom. The zero-order chi connectivity index (χ0) is 19.1. The number of aromatic nitrogens is 5. The summed E-state index contributed by atoms with van der Waals surface area (Å²) in [7, 11) is 0. The Morgan fingerprint density at radius 2 is 1.79 bits per heavy atom. The van der Waals surface area contributed by atoms with Gasteiger partial charge in [0.1, 0.15) is 17.7 Å². The fourth-order valence-electron chi connectivity index (χ4n) is 3.26. The minimum Gasteiger partial charge on any atom is -0.619 e. The van der Waals surface area contributed by atoms with Crippen molar-refractivity contribution >= 4 is 21.9 Å². The molecule has 0 N–H and O–H groups in total. The summed E-state index contributed by atoms with van der Waals surface area (Å²) in [5, 5.41) is 13.1. The van der Waals surface area contributed by atoms with Crippen molar-refractivity contribution < 1.29 is 9.12 Å². The third-order valence-corrected chi connectivity index (χ3v) is 4.54. The Morgan fingerprint density at radius 1 is 0.893 bits per heavy atom. The number of benzene rings is 1. The van der Waals surface area contributed by atoms with Gasteiger partial charge in [0, 0.05) is 34.2 Å². The lowest BCUT2D eigenvalue weighted by molar-refractivity contribution is -0.604. The second kappa shape index (κ2) is 6.31. The summed E-state index contributed by atoms with van der Waals surface area (Å²) in [6.07, 6.45) is 5.83. The highest BCUT2D eigenvalue weighted by Crippen LogP contribution is 2.33. The van der Waals surface area contributed by atoms with E-state index in [1.165, 1.54) is 24.8 Å². The van der Waals surface area contributed by atoms with E-state index in [-0.39, 0.29) is 5.82 Å². The molecule has 7 heteroatoms. The van der Waals surface area contributed by atoms with Crippen molar-refractivity contribution in [3.63, 3.8) is 0 Å². The lowest BCUT2D eigenvalue weighted by atomic mass is 10.0. The van der Waals surface area contributed by atoms with Crippen molar-refractivity contribution in [1.82, 2.24) is 19.9 Å². The van der Waals surface area contributed by atoms with Gasteiger partial charge >= 0.3 is 0 Å². The second-order valence-corrected chi connectivity index (χ2v) is 6.24. The maximum Gasteiger partial charge on any atom is 0.206 e. The lowest BCUT2D eigenvalue weighted by Gasteiger charge is -2.11. The molecule has 0 unspecified atom stereocenters. The predicted octanol–water partition coefficient (Wildman–Crippen LogP) is 3.68. The molecule has 0 saturated carbocycles. The van der Waals surface area contributed by atoms with Gasteiger partial charge in [0.2, 0.25) is 6.20 Å². The van der Waals surface area contributed by atoms with Crippen LogP contribution in [0.2, 0.25) is 0 Å². The molecule has 6 nitrogen and oxygen atoms in total. The van der Waals surface area contributed by atoms with Crippen molar-refractivity contribution in [2.24, 2.45) is 0 Å². The highest BCUT2D eigenvalue weighted by Gasteiger charge is 2.16. The molecule has 0 fully saturated rings. The first-order chi connectivity index (χ1) is 13.7. The van der Waals surface area contributed by atoms with Crippen LogP contribution in [0.15, 0.2) is 73.4 Å². The van der Waals surface area contributed by atoms with Crippen LogP contribution in [-0.2, 0) is 0 Å². The topological polar surface area (TPSA) is 78.5 Å². The van der Waals surface area contributed by atoms with Crippen molar-refractivity contribution in [2.45, 2.75) is 0 Å². The minimum absolute atomic E-state index is 0.365. The van der Waals surface area contributed by atoms with Crippen molar-refractivity contribution in [1.29, 1.82) is 0 Å². The van der Waals surface area contributed by atoms with Crippen LogP contribution in [0.4, 0.5) is 4.39 Å². The smallest absolute Gasteiger partial charge is 0.206 e. The van der Waals surface area contributed by atoms with Crippen LogP contribution in [0.5, 0.6) is 0 Å². The largest absolute Gasteiger partial charge is 0.619 e. The first kappa shape index (κ1) is 16.2. The van der Waals surface area contributed by atoms with Gasteiger partial charge in [0.25, 0.3) is 0 Å². The maximum absolute atomic E-state index is 14.4. The van der Waals surface area contributed by atoms with Gasteiger partial charge in [0.05, 0.1) is 11.4 Å². The molecular formula is C21H12FN5O. The molecule has 5 rings (SSSR count). The van der Waals surface area contributed by atoms with Crippen molar-refractivity contribution in [3.05, 3.63) is 84.5 Å². The van der Waals surface area contributed by atoms with Gasteiger partial charge in [-0.15, -0.1) is 0 Å². The third kappa shape index (κ3) is 2.61. The molecule has 134 valence electrons. The van der Waals surface area contributed by atoms with Crippen LogP contribution in [0.3, 0.4) is 0 Å². The first-order valence-corrected chi connectivity index (χ1v) is 8.55. The summed E-state index contributed by atoms with van der Waals surface area (Å²) in [6.45, 7) is 0. The van der Waals surface area contributed by atoms with Gasteiger partial charge in [0.15, 0.2) is 11.8 Å². The molecule has 0 saturated heterocycles. The highest BCUT2D eigenvalue weighted by atomic mass is 19.1. The molecule has 4 aromatic heterocycles. The number of hydrogen-bond acceptors (Lipinski definition) is 5. The second-order valence-electron chi connectivity index (χ2n) is 6.24. The van der Waals surface area contributed by atoms with Crippen LogP contribution in [0.1, 0.15) is 0 Å². The van der Waals surface area contributed by atoms with E-state index in [9.17, 15) is 9.60 Å². The Bertz CT molecular complexity index is 1360. The monoisotopic (exact) mass is 369 g/mol. The van der Waals surface area contributed by atoms with E-state index in [2.05, 4.69) is 19.9 Å². The van der Waals surface area contributed by atoms with Gasteiger partial charge in [-0.05, 0) is 30.3 Å². The molecule has 1 aromatic carbocycles. The summed E-state index contributed by atoms with van der Waals surface area (Å²) >= 11 is 0. The lowest BCUT2D eigenvalue weighted by Crippen LogP contribution is -2.24. The van der Waals surface area contributed by atoms with Gasteiger partial charge < -0.3 is 5.21 Å². The van der Waals surface area contributed by atoms with Crippen LogP contribution >= 0.6 is 0 Å². The molecule has 28 heavy (non-hydrogen) atoms. The standard InChI is InChI=1S/C21H12FN5O/c22-17-6-2-1-4-14(17)18-10-16(13-5-3-8-23-21(13)26-18)20-15-7-9-27(28)11-19(15)24-12-25-20/h1-12H. The van der Waals surface area contributed by atoms with E-state index in [4.69, 9.17) is 0 Å². The summed E-state index contributed by atoms with van der Waals surface area (Å²) < 4.78 is 15.1. The van der Waals surface area contributed by atoms with E-state index in [0.717, 1.165) is 10.9 Å². The van der Waals surface area contributed by atoms with Gasteiger partial charge in [-0.25, -0.2) is 24.3 Å². The van der Waals surface area contributed by atoms with E-state index in [1.807, 2.05) is 12.1 Å². The summed E-state index contributed by atoms with van der Waals surface area (Å²) in [4.78, 5) is 17.5. The summed E-state index contributed by atoms with van der Waals surface area (Å²) in [5.41, 5.74) is 3.22. The Hall–Kier alpha value is -4.00. The molecule has 0 aliphatic carbocycles. The Balaban J connectivity index is 1.86. The number of nitrogens with zero attached hydrogens (tertiary/aromatic N) is 5. The van der Waals surface area contributed by atoms with Gasteiger partial charge in [-0.2, -0.15) is 4.73 Å². The van der Waals surface area contributed by atoms with Crippen LogP contribution in [0.25, 0.3) is 44.5 Å². The van der Waals surface area contributed by atoms with Crippen LogP contribution in [-0.4, -0.2) is 19.9 Å². The highest BCUT2D eigenvalue weighted by molar-refractivity contribution is 6.01. The number of rotatable bonds is 2. The van der Waals surface area contributed by atoms with Crippen LogP contribution < -0.4 is 4.73 Å². The molecule has 0 amide bonds. The molecule has 0 radical (unpaired) electrons. The van der Waals surface area contributed by atoms with Crippen molar-refractivity contribution in [3.8, 4) is 22.5 Å². The average Bonchev–Trinajstić information content (AvgIpc) is 2.72. The van der Waals surface area contributed by atoms with Gasteiger partial charge in [-0.3, -0.25) is 0 Å². The average molecular weight is 369 g/mol. The molecule has 0 spiro atoms. The quantitative estimate of drug-likeness (QED) is 0.350. The molecule has 5 aromatic rings. The number of halogens is 1. The van der Waals surface area contributed by atoms with Gasteiger partial charge in [-0.1, -0.05) is 12.1 Å². The number of pyridine rings is 3. The number of hydrogen-bond donors (Lipinski definition) is 0. The van der Waals surface area contributed by atoms with Crippen LogP contribution in [0, 0.1) is 11.0 Å². The molecule has 0 bridgehead atoms. The molecule has 4 heterocycles. The molecule has 0 aliphatic rings. The normalized spacial score (nSPS) is 11.2. The summed E-state index contributed by atoms with van der Waals surface area (Å²) in [5.74, 6) is -0.365. The van der Waals surface area contributed by atoms with Crippen molar-refractivity contribution in [2.75, 3.05) is 0 Å². The van der Waals surface area contributed by atoms with E-state index in [1.54, 1.807) is 36.5 Å². The van der Waals surface area contributed by atoms with E-state index in [0.29, 0.717) is 38.2 Å². The van der Waals surface area contributed by atoms with E-state index < -0.39 is 0 Å². The van der Waals surface area contributed by atoms with E-state index >= 15 is 0 Å². The predicted molar refractivity (Wildman–Crippen MR) is 102 cm³/mol. The third-order valence-electron chi connectivity index (χ3n) is 4.54. The molecular weight excluding hydrogens is 357 g/mol. The maximum atomic E-state index is 14.4. The summed E-state index contributed by atoms with van der Waals surface area (Å²) in [6, 6.07) is 13.6. The molecule has 0 aliphatic heterocycles. The SMILES string of the molecule is [O-][n+]1ccc2c(-c3cc(-c4ccccc4F)nc4ncccc34)ncnc2c1. The molecule has 0 atom stereocenters. The fourth-order valence-corrected chi connectivity index (χ4v) is 3.26.